The summed E-state index contributed by atoms with van der Waals surface area (Å²) in [6.07, 6.45) is 6.14. The van der Waals surface area contributed by atoms with Crippen molar-refractivity contribution in [2.45, 2.75) is 25.7 Å². The lowest BCUT2D eigenvalue weighted by Crippen LogP contribution is -2.08. The van der Waals surface area contributed by atoms with E-state index in [9.17, 15) is 0 Å². The summed E-state index contributed by atoms with van der Waals surface area (Å²) in [4.78, 5) is 8.01. The van der Waals surface area contributed by atoms with Crippen LogP contribution in [-0.2, 0) is 12.8 Å². The largest absolute Gasteiger partial charge is 0.393 e. The number of nitrogens with two attached hydrogens (primary N) is 1. The third kappa shape index (κ3) is 2.36. The van der Waals surface area contributed by atoms with Gasteiger partial charge >= 0.3 is 0 Å². The maximum Gasteiger partial charge on any atom is 0.158 e. The first-order valence-corrected chi connectivity index (χ1v) is 6.77. The second-order valence-electron chi connectivity index (χ2n) is 4.70. The molecule has 1 aliphatic carbocycles. The van der Waals surface area contributed by atoms with E-state index >= 15 is 0 Å². The highest BCUT2D eigenvalue weighted by Crippen LogP contribution is 2.31. The Morgan fingerprint density at radius 1 is 1.16 bits per heavy atom. The second-order valence-corrected chi connectivity index (χ2v) is 5.06. The molecule has 1 aliphatic rings. The highest BCUT2D eigenvalue weighted by Gasteiger charge is 2.14. The number of anilines is 3. The van der Waals surface area contributed by atoms with E-state index in [0.29, 0.717) is 11.5 Å². The van der Waals surface area contributed by atoms with Gasteiger partial charge in [-0.05, 0) is 42.9 Å². The van der Waals surface area contributed by atoms with Crippen LogP contribution in [0.15, 0.2) is 24.5 Å². The molecular weight excluding hydrogens is 260 g/mol. The van der Waals surface area contributed by atoms with Crippen LogP contribution in [0.5, 0.6) is 0 Å². The van der Waals surface area contributed by atoms with E-state index in [1.807, 2.05) is 0 Å². The molecule has 0 bridgehead atoms. The van der Waals surface area contributed by atoms with E-state index in [1.165, 1.54) is 30.3 Å². The number of benzene rings is 1. The van der Waals surface area contributed by atoms with Crippen LogP contribution in [-0.4, -0.2) is 9.97 Å². The monoisotopic (exact) mass is 274 g/mol. The molecule has 4 nitrogen and oxygen atoms in total. The number of rotatable bonds is 2. The summed E-state index contributed by atoms with van der Waals surface area (Å²) in [6, 6.07) is 6.31. The quantitative estimate of drug-likeness (QED) is 0.825. The van der Waals surface area contributed by atoms with Crippen molar-refractivity contribution in [1.82, 2.24) is 9.97 Å². The zero-order valence-electron chi connectivity index (χ0n) is 10.5. The van der Waals surface area contributed by atoms with Crippen LogP contribution in [0.3, 0.4) is 0 Å². The van der Waals surface area contributed by atoms with Crippen LogP contribution in [0.25, 0.3) is 0 Å². The molecule has 1 heterocycles. The molecule has 0 amide bonds. The maximum atomic E-state index is 5.91. The molecule has 1 aromatic carbocycles. The third-order valence-corrected chi connectivity index (χ3v) is 3.79. The predicted molar refractivity (Wildman–Crippen MR) is 77.8 cm³/mol. The molecule has 2 aromatic rings. The Bertz CT molecular complexity index is 612. The zero-order valence-corrected chi connectivity index (χ0v) is 11.2. The minimum atomic E-state index is 0.280. The maximum absolute atomic E-state index is 5.91. The van der Waals surface area contributed by atoms with Crippen molar-refractivity contribution in [2.24, 2.45) is 0 Å². The first-order valence-electron chi connectivity index (χ1n) is 6.39. The van der Waals surface area contributed by atoms with Gasteiger partial charge < -0.3 is 11.1 Å². The van der Waals surface area contributed by atoms with Crippen molar-refractivity contribution in [2.75, 3.05) is 11.1 Å². The Hall–Kier alpha value is -1.81. The molecule has 0 spiro atoms. The van der Waals surface area contributed by atoms with Crippen molar-refractivity contribution >= 4 is 28.8 Å². The lowest BCUT2D eigenvalue weighted by molar-refractivity contribution is 0.687. The molecule has 0 fully saturated rings. The number of hydrogen-bond donors (Lipinski definition) is 2. The zero-order chi connectivity index (χ0) is 13.2. The van der Waals surface area contributed by atoms with Gasteiger partial charge in [-0.15, -0.1) is 0 Å². The number of fused-ring (bicyclic) bond motifs is 1. The van der Waals surface area contributed by atoms with Crippen molar-refractivity contribution in [1.29, 1.82) is 0 Å². The minimum Gasteiger partial charge on any atom is -0.393 e. The highest BCUT2D eigenvalue weighted by molar-refractivity contribution is 6.32. The molecule has 3 N–H and O–H groups in total. The van der Waals surface area contributed by atoms with E-state index in [1.54, 1.807) is 0 Å². The molecule has 5 heteroatoms. The summed E-state index contributed by atoms with van der Waals surface area (Å²) in [6.45, 7) is 0. The second kappa shape index (κ2) is 5.05. The highest BCUT2D eigenvalue weighted by atomic mass is 35.5. The number of aromatic nitrogens is 2. The van der Waals surface area contributed by atoms with Gasteiger partial charge in [0.1, 0.15) is 12.0 Å². The van der Waals surface area contributed by atoms with Gasteiger partial charge in [0.25, 0.3) is 0 Å². The van der Waals surface area contributed by atoms with E-state index in [-0.39, 0.29) is 5.15 Å². The van der Waals surface area contributed by atoms with E-state index in [0.717, 1.165) is 18.5 Å². The summed E-state index contributed by atoms with van der Waals surface area (Å²) in [5.41, 5.74) is 10.1. The number of nitrogen functional groups attached to an aromatic ring is 1. The summed E-state index contributed by atoms with van der Waals surface area (Å²) < 4.78 is 0. The van der Waals surface area contributed by atoms with Crippen molar-refractivity contribution in [3.8, 4) is 0 Å². The minimum absolute atomic E-state index is 0.280. The van der Waals surface area contributed by atoms with Crippen molar-refractivity contribution in [3.63, 3.8) is 0 Å². The van der Waals surface area contributed by atoms with Gasteiger partial charge in [0.05, 0.1) is 0 Å². The molecule has 1 aromatic heterocycles. The molecule has 19 heavy (non-hydrogen) atoms. The molecule has 0 aliphatic heterocycles. The summed E-state index contributed by atoms with van der Waals surface area (Å²) in [7, 11) is 0. The molecule has 98 valence electrons. The first-order chi connectivity index (χ1) is 9.25. The Morgan fingerprint density at radius 3 is 2.89 bits per heavy atom. The number of hydrogen-bond acceptors (Lipinski definition) is 4. The normalized spacial score (nSPS) is 13.9. The molecule has 0 unspecified atom stereocenters. The van der Waals surface area contributed by atoms with Gasteiger partial charge in [0.15, 0.2) is 11.0 Å². The number of nitrogens with zero attached hydrogens (tertiary/aromatic N) is 2. The van der Waals surface area contributed by atoms with Gasteiger partial charge in [-0.2, -0.15) is 0 Å². The number of nitrogens with one attached hydrogen (secondary N) is 1. The summed E-state index contributed by atoms with van der Waals surface area (Å²) >= 11 is 5.91. The van der Waals surface area contributed by atoms with Crippen LogP contribution < -0.4 is 11.1 Å². The fourth-order valence-corrected chi connectivity index (χ4v) is 2.63. The number of halogens is 1. The fraction of sp³-hybridized carbons (Fsp3) is 0.286. The Kier molecular flexibility index (Phi) is 3.25. The number of aryl methyl sites for hydroxylation is 1. The fourth-order valence-electron chi connectivity index (χ4n) is 2.50. The molecular formula is C14H15ClN4. The summed E-state index contributed by atoms with van der Waals surface area (Å²) in [5.74, 6) is 0.568. The molecule has 0 atom stereocenters. The Labute approximate surface area is 117 Å². The van der Waals surface area contributed by atoms with E-state index in [2.05, 4.69) is 33.5 Å². The Morgan fingerprint density at radius 2 is 2.00 bits per heavy atom. The summed E-state index contributed by atoms with van der Waals surface area (Å²) in [5, 5.41) is 3.56. The molecule has 0 saturated carbocycles. The lowest BCUT2D eigenvalue weighted by Gasteiger charge is -2.20. The van der Waals surface area contributed by atoms with Gasteiger partial charge in [0, 0.05) is 5.69 Å². The van der Waals surface area contributed by atoms with Crippen LogP contribution in [0.2, 0.25) is 5.15 Å². The van der Waals surface area contributed by atoms with E-state index < -0.39 is 0 Å². The van der Waals surface area contributed by atoms with Gasteiger partial charge in [0.2, 0.25) is 0 Å². The third-order valence-electron chi connectivity index (χ3n) is 3.48. The van der Waals surface area contributed by atoms with Gasteiger partial charge in [-0.3, -0.25) is 0 Å². The van der Waals surface area contributed by atoms with Crippen LogP contribution in [0.1, 0.15) is 24.0 Å². The van der Waals surface area contributed by atoms with Crippen LogP contribution in [0, 0.1) is 0 Å². The van der Waals surface area contributed by atoms with Gasteiger partial charge in [-0.1, -0.05) is 23.7 Å². The molecule has 3 rings (SSSR count). The van der Waals surface area contributed by atoms with Crippen LogP contribution in [0.4, 0.5) is 17.2 Å². The average molecular weight is 275 g/mol. The topological polar surface area (TPSA) is 63.8 Å². The predicted octanol–water partition coefficient (Wildman–Crippen LogP) is 3.33. The van der Waals surface area contributed by atoms with E-state index in [4.69, 9.17) is 17.3 Å². The van der Waals surface area contributed by atoms with Crippen LogP contribution >= 0.6 is 11.6 Å². The Balaban J connectivity index is 1.97. The average Bonchev–Trinajstić information content (AvgIpc) is 2.44. The molecule has 0 radical (unpaired) electrons. The lowest BCUT2D eigenvalue weighted by atomic mass is 9.90. The SMILES string of the molecule is Nc1c(Cl)ncnc1Nc1cccc2c1CCCC2. The van der Waals surface area contributed by atoms with Crippen molar-refractivity contribution in [3.05, 3.63) is 40.8 Å². The standard InChI is InChI=1S/C14H15ClN4/c15-13-12(16)14(18-8-17-13)19-11-7-3-5-9-4-1-2-6-10(9)11/h3,5,7-8H,1-2,4,6,16H2,(H,17,18,19). The van der Waals surface area contributed by atoms with Gasteiger partial charge in [-0.25, -0.2) is 9.97 Å². The smallest absolute Gasteiger partial charge is 0.158 e. The van der Waals surface area contributed by atoms with Crippen molar-refractivity contribution < 1.29 is 0 Å². The first kappa shape index (κ1) is 12.2. The molecule has 0 saturated heterocycles.